The second-order valence-corrected chi connectivity index (χ2v) is 8.05. The lowest BCUT2D eigenvalue weighted by Gasteiger charge is -2.14. The number of alkyl halides is 3. The van der Waals surface area contributed by atoms with Gasteiger partial charge in [-0.25, -0.2) is 4.98 Å². The Hall–Kier alpha value is -4.16. The van der Waals surface area contributed by atoms with Crippen LogP contribution in [0.25, 0.3) is 5.69 Å². The Bertz CT molecular complexity index is 1470. The van der Waals surface area contributed by atoms with E-state index < -0.39 is 17.6 Å². The van der Waals surface area contributed by atoms with Crippen LogP contribution in [0.1, 0.15) is 38.6 Å². The third-order valence-corrected chi connectivity index (χ3v) is 5.19. The van der Waals surface area contributed by atoms with Gasteiger partial charge < -0.3 is 9.88 Å². The minimum atomic E-state index is -4.60. The molecule has 176 valence electrons. The molecule has 2 aromatic heterocycles. The maximum atomic E-state index is 13.5. The SMILES string of the molecule is Cc1cn(-c2cc(NC(=O)c3ccc(Cl)c(C#Cc4ccc(C)nn4)c3)cc(C(F)(F)F)c2)cn1. The topological polar surface area (TPSA) is 72.7 Å². The number of hydrogen-bond acceptors (Lipinski definition) is 4. The number of hydrogen-bond donors (Lipinski definition) is 1. The third kappa shape index (κ3) is 5.86. The van der Waals surface area contributed by atoms with E-state index in [9.17, 15) is 18.0 Å². The molecule has 1 N–H and O–H groups in total. The number of benzene rings is 2. The molecule has 0 spiro atoms. The molecule has 0 saturated carbocycles. The van der Waals surface area contributed by atoms with Gasteiger partial charge >= 0.3 is 6.18 Å². The first-order valence-corrected chi connectivity index (χ1v) is 10.6. The maximum Gasteiger partial charge on any atom is 0.416 e. The molecule has 0 saturated heterocycles. The fourth-order valence-electron chi connectivity index (χ4n) is 3.12. The Balaban J connectivity index is 1.63. The molecule has 0 unspecified atom stereocenters. The fourth-order valence-corrected chi connectivity index (χ4v) is 3.29. The smallest absolute Gasteiger partial charge is 0.322 e. The largest absolute Gasteiger partial charge is 0.416 e. The standard InChI is InChI=1S/C25H17ClF3N5O/c1-15-3-6-20(33-32-15)7-4-17-9-18(5-8-23(17)26)24(35)31-21-10-19(25(27,28)29)11-22(12-21)34-13-16(2)30-14-34/h3,5-6,8-14H,1-2H3,(H,31,35). The normalized spacial score (nSPS) is 11.0. The van der Waals surface area contributed by atoms with Gasteiger partial charge in [0.2, 0.25) is 0 Å². The van der Waals surface area contributed by atoms with E-state index >= 15 is 0 Å². The highest BCUT2D eigenvalue weighted by Gasteiger charge is 2.31. The molecular formula is C25H17ClF3N5O. The van der Waals surface area contributed by atoms with E-state index in [4.69, 9.17) is 11.6 Å². The van der Waals surface area contributed by atoms with Crippen molar-refractivity contribution in [1.29, 1.82) is 0 Å². The molecule has 0 aliphatic heterocycles. The second kappa shape index (κ2) is 9.60. The van der Waals surface area contributed by atoms with Gasteiger partial charge in [-0.15, -0.1) is 5.10 Å². The first-order valence-electron chi connectivity index (χ1n) is 10.2. The first kappa shape index (κ1) is 24.0. The zero-order chi connectivity index (χ0) is 25.2. The van der Waals surface area contributed by atoms with Crippen LogP contribution in [-0.4, -0.2) is 25.7 Å². The van der Waals surface area contributed by atoms with E-state index in [1.807, 2.05) is 0 Å². The van der Waals surface area contributed by atoms with Gasteiger partial charge in [0.25, 0.3) is 5.91 Å². The van der Waals surface area contributed by atoms with Crippen molar-refractivity contribution < 1.29 is 18.0 Å². The number of aromatic nitrogens is 4. The molecule has 0 aliphatic carbocycles. The Labute approximate surface area is 203 Å². The van der Waals surface area contributed by atoms with Crippen molar-refractivity contribution in [2.24, 2.45) is 0 Å². The van der Waals surface area contributed by atoms with Gasteiger partial charge in [-0.3, -0.25) is 4.79 Å². The van der Waals surface area contributed by atoms with E-state index in [0.717, 1.165) is 17.8 Å². The van der Waals surface area contributed by atoms with Crippen LogP contribution < -0.4 is 5.32 Å². The number of halogens is 4. The predicted molar refractivity (Wildman–Crippen MR) is 125 cm³/mol. The number of anilines is 1. The molecule has 0 atom stereocenters. The van der Waals surface area contributed by atoms with E-state index in [1.165, 1.54) is 35.2 Å². The summed E-state index contributed by atoms with van der Waals surface area (Å²) in [6, 6.07) is 11.2. The van der Waals surface area contributed by atoms with Crippen LogP contribution >= 0.6 is 11.6 Å². The van der Waals surface area contributed by atoms with E-state index in [2.05, 4.69) is 32.3 Å². The van der Waals surface area contributed by atoms with Crippen LogP contribution in [0.4, 0.5) is 18.9 Å². The van der Waals surface area contributed by atoms with Crippen molar-refractivity contribution in [3.63, 3.8) is 0 Å². The molecule has 10 heteroatoms. The van der Waals surface area contributed by atoms with Gasteiger partial charge in [-0.2, -0.15) is 18.3 Å². The lowest BCUT2D eigenvalue weighted by molar-refractivity contribution is -0.137. The molecule has 0 aliphatic rings. The highest BCUT2D eigenvalue weighted by atomic mass is 35.5. The molecule has 35 heavy (non-hydrogen) atoms. The molecule has 0 radical (unpaired) electrons. The maximum absolute atomic E-state index is 13.5. The highest BCUT2D eigenvalue weighted by molar-refractivity contribution is 6.32. The van der Waals surface area contributed by atoms with E-state index in [1.54, 1.807) is 32.2 Å². The summed E-state index contributed by atoms with van der Waals surface area (Å²) in [5, 5.41) is 10.7. The lowest BCUT2D eigenvalue weighted by Crippen LogP contribution is -2.14. The van der Waals surface area contributed by atoms with Gasteiger partial charge in [-0.05, 0) is 68.3 Å². The van der Waals surface area contributed by atoms with E-state index in [0.29, 0.717) is 22.0 Å². The van der Waals surface area contributed by atoms with Crippen molar-refractivity contribution in [1.82, 2.24) is 19.7 Å². The Morgan fingerprint density at radius 2 is 1.80 bits per heavy atom. The Morgan fingerprint density at radius 3 is 2.46 bits per heavy atom. The summed E-state index contributed by atoms with van der Waals surface area (Å²) in [4.78, 5) is 16.9. The predicted octanol–water partition coefficient (Wildman–Crippen LogP) is 5.60. The molecule has 1 amide bonds. The number of aryl methyl sites for hydroxylation is 2. The van der Waals surface area contributed by atoms with Crippen LogP contribution in [0.15, 0.2) is 61.1 Å². The van der Waals surface area contributed by atoms with Crippen LogP contribution in [0.2, 0.25) is 5.02 Å². The monoisotopic (exact) mass is 495 g/mol. The molecule has 0 bridgehead atoms. The minimum Gasteiger partial charge on any atom is -0.322 e. The van der Waals surface area contributed by atoms with Gasteiger partial charge in [0.15, 0.2) is 0 Å². The molecular weight excluding hydrogens is 479 g/mol. The summed E-state index contributed by atoms with van der Waals surface area (Å²) in [7, 11) is 0. The number of carbonyl (C=O) groups is 1. The fraction of sp³-hybridized carbons (Fsp3) is 0.120. The number of rotatable bonds is 3. The summed E-state index contributed by atoms with van der Waals surface area (Å²) in [6.07, 6.45) is -1.62. The zero-order valence-electron chi connectivity index (χ0n) is 18.5. The van der Waals surface area contributed by atoms with Crippen molar-refractivity contribution in [3.8, 4) is 17.5 Å². The van der Waals surface area contributed by atoms with Crippen molar-refractivity contribution in [2.45, 2.75) is 20.0 Å². The summed E-state index contributed by atoms with van der Waals surface area (Å²) in [5.41, 5.74) is 1.62. The van der Waals surface area contributed by atoms with Gasteiger partial charge in [0.05, 0.1) is 28.3 Å². The Kier molecular flexibility index (Phi) is 6.58. The Morgan fingerprint density at radius 1 is 1.00 bits per heavy atom. The molecule has 2 heterocycles. The molecule has 0 fully saturated rings. The van der Waals surface area contributed by atoms with Crippen molar-refractivity contribution in [2.75, 3.05) is 5.32 Å². The lowest BCUT2D eigenvalue weighted by atomic mass is 10.1. The van der Waals surface area contributed by atoms with Crippen LogP contribution in [0, 0.1) is 25.7 Å². The molecule has 6 nitrogen and oxygen atoms in total. The zero-order valence-corrected chi connectivity index (χ0v) is 19.2. The quantitative estimate of drug-likeness (QED) is 0.375. The molecule has 4 rings (SSSR count). The number of imidazole rings is 1. The van der Waals surface area contributed by atoms with E-state index in [-0.39, 0.29) is 16.9 Å². The summed E-state index contributed by atoms with van der Waals surface area (Å²) >= 11 is 6.21. The first-order chi connectivity index (χ1) is 16.6. The molecule has 2 aromatic carbocycles. The second-order valence-electron chi connectivity index (χ2n) is 7.65. The van der Waals surface area contributed by atoms with Gasteiger partial charge in [0, 0.05) is 28.7 Å². The number of nitrogens with zero attached hydrogens (tertiary/aromatic N) is 4. The highest BCUT2D eigenvalue weighted by Crippen LogP contribution is 2.33. The number of amides is 1. The average molecular weight is 496 g/mol. The number of carbonyl (C=O) groups excluding carboxylic acids is 1. The van der Waals surface area contributed by atoms with Crippen molar-refractivity contribution >= 4 is 23.2 Å². The van der Waals surface area contributed by atoms with Crippen LogP contribution in [0.3, 0.4) is 0 Å². The van der Waals surface area contributed by atoms with Crippen LogP contribution in [0.5, 0.6) is 0 Å². The number of nitrogens with one attached hydrogen (secondary N) is 1. The minimum absolute atomic E-state index is 0.0244. The van der Waals surface area contributed by atoms with Crippen LogP contribution in [-0.2, 0) is 6.18 Å². The summed E-state index contributed by atoms with van der Waals surface area (Å²) in [6.45, 7) is 3.52. The molecule has 4 aromatic rings. The van der Waals surface area contributed by atoms with Crippen molar-refractivity contribution in [3.05, 3.63) is 99.8 Å². The average Bonchev–Trinajstić information content (AvgIpc) is 3.25. The summed E-state index contributed by atoms with van der Waals surface area (Å²) in [5.74, 6) is 5.05. The third-order valence-electron chi connectivity index (χ3n) is 4.86. The summed E-state index contributed by atoms with van der Waals surface area (Å²) < 4.78 is 41.9. The van der Waals surface area contributed by atoms with Gasteiger partial charge in [0.1, 0.15) is 5.69 Å². The van der Waals surface area contributed by atoms with Gasteiger partial charge in [-0.1, -0.05) is 17.5 Å².